The predicted octanol–water partition coefficient (Wildman–Crippen LogP) is 4.09. The molecule has 0 aliphatic heterocycles. The van der Waals surface area contributed by atoms with Gasteiger partial charge in [-0.1, -0.05) is 15.9 Å². The molecule has 122 valence electrons. The minimum absolute atomic E-state index is 0.0114. The molecule has 2 unspecified atom stereocenters. The van der Waals surface area contributed by atoms with Crippen LogP contribution in [0.2, 0.25) is 0 Å². The van der Waals surface area contributed by atoms with E-state index in [4.69, 9.17) is 14.9 Å². The summed E-state index contributed by atoms with van der Waals surface area (Å²) >= 11 is 3.47. The van der Waals surface area contributed by atoms with Crippen LogP contribution in [0.4, 0.5) is 4.79 Å². The van der Waals surface area contributed by atoms with Crippen molar-refractivity contribution < 1.29 is 14.3 Å². The molecule has 5 nitrogen and oxygen atoms in total. The molecular weight excluding hydrogens is 348 g/mol. The third-order valence-electron chi connectivity index (χ3n) is 2.74. The van der Waals surface area contributed by atoms with Crippen molar-refractivity contribution in [2.24, 2.45) is 0 Å². The number of carbonyl (C=O) groups is 1. The fourth-order valence-electron chi connectivity index (χ4n) is 1.49. The van der Waals surface area contributed by atoms with E-state index < -0.39 is 11.7 Å². The van der Waals surface area contributed by atoms with E-state index >= 15 is 0 Å². The van der Waals surface area contributed by atoms with Crippen LogP contribution in [-0.2, 0) is 4.74 Å². The number of ether oxygens (including phenoxy) is 2. The molecule has 0 saturated carbocycles. The fraction of sp³-hybridized carbons (Fsp3) is 0.500. The summed E-state index contributed by atoms with van der Waals surface area (Å²) in [7, 11) is 0. The molecule has 2 atom stereocenters. The van der Waals surface area contributed by atoms with Gasteiger partial charge < -0.3 is 9.47 Å². The molecule has 6 heteroatoms. The Morgan fingerprint density at radius 1 is 1.23 bits per heavy atom. The molecule has 0 aliphatic carbocycles. The molecular formula is C16H23BrN2O3. The van der Waals surface area contributed by atoms with Gasteiger partial charge in [-0.25, -0.2) is 4.79 Å². The number of amides is 1. The summed E-state index contributed by atoms with van der Waals surface area (Å²) in [5.74, 6) is 0.704. The van der Waals surface area contributed by atoms with E-state index in [0.717, 1.165) is 0 Å². The quantitative estimate of drug-likeness (QED) is 0.476. The van der Waals surface area contributed by atoms with Crippen LogP contribution in [-0.4, -0.2) is 28.5 Å². The number of alkyl carbamates (subject to hydrolysis) is 1. The highest BCUT2D eigenvalue weighted by Gasteiger charge is 2.17. The first-order chi connectivity index (χ1) is 10.1. The lowest BCUT2D eigenvalue weighted by Gasteiger charge is -2.20. The van der Waals surface area contributed by atoms with E-state index in [1.807, 2.05) is 13.8 Å². The Bertz CT molecular complexity index is 521. The molecule has 2 N–H and O–H groups in total. The zero-order chi connectivity index (χ0) is 16.9. The molecule has 1 aromatic rings. The maximum Gasteiger partial charge on any atom is 0.413 e. The smallest absolute Gasteiger partial charge is 0.413 e. The van der Waals surface area contributed by atoms with Gasteiger partial charge in [-0.05, 0) is 58.9 Å². The minimum Gasteiger partial charge on any atom is -0.490 e. The fourth-order valence-corrected chi connectivity index (χ4v) is 1.59. The molecule has 1 aromatic carbocycles. The van der Waals surface area contributed by atoms with Crippen LogP contribution < -0.4 is 10.1 Å². The zero-order valence-corrected chi connectivity index (χ0v) is 15.2. The van der Waals surface area contributed by atoms with Crippen LogP contribution >= 0.6 is 15.9 Å². The minimum atomic E-state index is -0.639. The summed E-state index contributed by atoms with van der Waals surface area (Å²) in [5.41, 5.74) is -0.0114. The van der Waals surface area contributed by atoms with Gasteiger partial charge in [0.05, 0.1) is 0 Å². The van der Waals surface area contributed by atoms with E-state index in [0.29, 0.717) is 11.3 Å². The normalized spacial score (nSPS) is 13.9. The van der Waals surface area contributed by atoms with Crippen molar-refractivity contribution in [3.63, 3.8) is 0 Å². The molecule has 0 radical (unpaired) electrons. The number of carbonyl (C=O) groups excluding carboxylic acids is 1. The zero-order valence-electron chi connectivity index (χ0n) is 13.6. The molecule has 0 aliphatic rings. The molecule has 1 rings (SSSR count). The van der Waals surface area contributed by atoms with E-state index in [2.05, 4.69) is 21.2 Å². The number of halogens is 1. The summed E-state index contributed by atoms with van der Waals surface area (Å²) in [6, 6.07) is 6.99. The Labute approximate surface area is 140 Å². The van der Waals surface area contributed by atoms with Crippen LogP contribution in [0.5, 0.6) is 5.75 Å². The molecule has 0 spiro atoms. The lowest BCUT2D eigenvalue weighted by Crippen LogP contribution is -2.36. The van der Waals surface area contributed by atoms with E-state index in [-0.39, 0.29) is 16.8 Å². The molecule has 0 saturated heterocycles. The number of rotatable bonds is 4. The van der Waals surface area contributed by atoms with Crippen LogP contribution in [0.1, 0.15) is 40.2 Å². The van der Waals surface area contributed by atoms with Crippen molar-refractivity contribution in [2.45, 2.75) is 51.2 Å². The maximum absolute atomic E-state index is 11.6. The standard InChI is InChI=1S/C16H23BrN2O3/c1-10(17)11(2)21-13-8-6-12(7-9-13)14(18)19-15(20)22-16(3,4)5/h6-11H,1-5H3,(H2,18,19,20). The van der Waals surface area contributed by atoms with Gasteiger partial charge in [-0.3, -0.25) is 10.7 Å². The second-order valence-electron chi connectivity index (χ2n) is 6.03. The van der Waals surface area contributed by atoms with Crippen LogP contribution in [0.15, 0.2) is 24.3 Å². The van der Waals surface area contributed by atoms with Crippen molar-refractivity contribution in [1.82, 2.24) is 5.32 Å². The maximum atomic E-state index is 11.6. The summed E-state index contributed by atoms with van der Waals surface area (Å²) in [5, 5.41) is 10.3. The number of hydrogen-bond acceptors (Lipinski definition) is 4. The van der Waals surface area contributed by atoms with Gasteiger partial charge >= 0.3 is 6.09 Å². The molecule has 0 heterocycles. The number of amidine groups is 1. The van der Waals surface area contributed by atoms with E-state index in [1.165, 1.54) is 0 Å². The second kappa shape index (κ2) is 7.63. The monoisotopic (exact) mass is 370 g/mol. The molecule has 1 amide bonds. The van der Waals surface area contributed by atoms with Crippen molar-refractivity contribution in [2.75, 3.05) is 0 Å². The molecule has 0 aromatic heterocycles. The molecule has 22 heavy (non-hydrogen) atoms. The SMILES string of the molecule is CC(Br)C(C)Oc1ccc(C(=N)NC(=O)OC(C)(C)C)cc1. The molecule has 0 fully saturated rings. The predicted molar refractivity (Wildman–Crippen MR) is 91.1 cm³/mol. The third kappa shape index (κ3) is 6.47. The molecule has 0 bridgehead atoms. The Balaban J connectivity index is 2.63. The Kier molecular flexibility index (Phi) is 6.41. The number of hydrogen-bond donors (Lipinski definition) is 2. The summed E-state index contributed by atoms with van der Waals surface area (Å²) in [6.45, 7) is 9.30. The Morgan fingerprint density at radius 2 is 1.77 bits per heavy atom. The number of benzene rings is 1. The summed E-state index contributed by atoms with van der Waals surface area (Å²) in [4.78, 5) is 11.9. The van der Waals surface area contributed by atoms with Gasteiger partial charge in [0.25, 0.3) is 0 Å². The Hall–Kier alpha value is -1.56. The largest absolute Gasteiger partial charge is 0.490 e. The van der Waals surface area contributed by atoms with Gasteiger partial charge in [0.1, 0.15) is 23.3 Å². The van der Waals surface area contributed by atoms with Gasteiger partial charge in [0.2, 0.25) is 0 Å². The van der Waals surface area contributed by atoms with Crippen molar-refractivity contribution >= 4 is 27.9 Å². The highest BCUT2D eigenvalue weighted by Crippen LogP contribution is 2.17. The summed E-state index contributed by atoms with van der Waals surface area (Å²) < 4.78 is 10.8. The van der Waals surface area contributed by atoms with Crippen LogP contribution in [0.3, 0.4) is 0 Å². The first-order valence-corrected chi connectivity index (χ1v) is 8.00. The highest BCUT2D eigenvalue weighted by atomic mass is 79.9. The third-order valence-corrected chi connectivity index (χ3v) is 3.48. The topological polar surface area (TPSA) is 71.4 Å². The average molecular weight is 371 g/mol. The van der Waals surface area contributed by atoms with Gasteiger partial charge in [-0.15, -0.1) is 0 Å². The van der Waals surface area contributed by atoms with Gasteiger partial charge in [0, 0.05) is 10.4 Å². The van der Waals surface area contributed by atoms with Crippen molar-refractivity contribution in [1.29, 1.82) is 5.41 Å². The first kappa shape index (κ1) is 18.5. The van der Waals surface area contributed by atoms with Gasteiger partial charge in [0.15, 0.2) is 0 Å². The lowest BCUT2D eigenvalue weighted by atomic mass is 10.2. The lowest BCUT2D eigenvalue weighted by molar-refractivity contribution is 0.0563. The van der Waals surface area contributed by atoms with Crippen molar-refractivity contribution in [3.05, 3.63) is 29.8 Å². The highest BCUT2D eigenvalue weighted by molar-refractivity contribution is 9.09. The van der Waals surface area contributed by atoms with Gasteiger partial charge in [-0.2, -0.15) is 0 Å². The average Bonchev–Trinajstić information content (AvgIpc) is 2.36. The van der Waals surface area contributed by atoms with E-state index in [1.54, 1.807) is 45.0 Å². The van der Waals surface area contributed by atoms with E-state index in [9.17, 15) is 4.79 Å². The number of nitrogens with one attached hydrogen (secondary N) is 2. The Morgan fingerprint density at radius 3 is 2.23 bits per heavy atom. The van der Waals surface area contributed by atoms with Crippen molar-refractivity contribution in [3.8, 4) is 5.75 Å². The van der Waals surface area contributed by atoms with Crippen LogP contribution in [0, 0.1) is 5.41 Å². The second-order valence-corrected chi connectivity index (χ2v) is 7.47. The number of alkyl halides is 1. The summed E-state index contributed by atoms with van der Waals surface area (Å²) in [6.07, 6.45) is -0.607. The van der Waals surface area contributed by atoms with Crippen LogP contribution in [0.25, 0.3) is 0 Å². The first-order valence-electron chi connectivity index (χ1n) is 7.08.